The first kappa shape index (κ1) is 12.7. The second-order valence-electron chi connectivity index (χ2n) is 4.98. The molecule has 0 aromatic heterocycles. The summed E-state index contributed by atoms with van der Waals surface area (Å²) in [5.74, 6) is -0.954. The van der Waals surface area contributed by atoms with Crippen LogP contribution in [0.2, 0.25) is 0 Å². The summed E-state index contributed by atoms with van der Waals surface area (Å²) in [6.45, 7) is 4.67. The number of rotatable bonds is 4. The molecule has 1 amide bonds. The highest BCUT2D eigenvalue weighted by molar-refractivity contribution is 6.52. The standard InChI is InChI=1S/C14H16FNO2/c1-9(2)4-3-7-16-12-8-10(15)5-6-11(12)13(17)14(16)18/h5-6,8-9H,3-4,7H2,1-2H3. The summed E-state index contributed by atoms with van der Waals surface area (Å²) in [7, 11) is 0. The maximum Gasteiger partial charge on any atom is 0.299 e. The second kappa shape index (κ2) is 4.88. The van der Waals surface area contributed by atoms with Gasteiger partial charge in [0.25, 0.3) is 11.7 Å². The Bertz CT molecular complexity index is 497. The van der Waals surface area contributed by atoms with Gasteiger partial charge in [-0.25, -0.2) is 4.39 Å². The Labute approximate surface area is 106 Å². The van der Waals surface area contributed by atoms with Crippen LogP contribution in [0, 0.1) is 11.7 Å². The van der Waals surface area contributed by atoms with E-state index in [2.05, 4.69) is 13.8 Å². The van der Waals surface area contributed by atoms with Gasteiger partial charge in [0.05, 0.1) is 11.3 Å². The van der Waals surface area contributed by atoms with Crippen LogP contribution >= 0.6 is 0 Å². The summed E-state index contributed by atoms with van der Waals surface area (Å²) in [5.41, 5.74) is 0.722. The van der Waals surface area contributed by atoms with Crippen LogP contribution in [-0.4, -0.2) is 18.2 Å². The molecule has 3 nitrogen and oxygen atoms in total. The molecule has 1 aliphatic heterocycles. The van der Waals surface area contributed by atoms with Crippen LogP contribution in [0.25, 0.3) is 0 Å². The van der Waals surface area contributed by atoms with Gasteiger partial charge in [0, 0.05) is 6.54 Å². The van der Waals surface area contributed by atoms with Crippen molar-refractivity contribution in [2.24, 2.45) is 5.92 Å². The summed E-state index contributed by atoms with van der Waals surface area (Å²) in [6, 6.07) is 3.85. The number of amides is 1. The lowest BCUT2D eigenvalue weighted by Crippen LogP contribution is -2.30. The van der Waals surface area contributed by atoms with Crippen molar-refractivity contribution in [1.82, 2.24) is 0 Å². The number of anilines is 1. The first-order valence-corrected chi connectivity index (χ1v) is 6.16. The number of carbonyl (C=O) groups excluding carboxylic acids is 2. The number of hydrogen-bond acceptors (Lipinski definition) is 2. The van der Waals surface area contributed by atoms with Crippen molar-refractivity contribution in [1.29, 1.82) is 0 Å². The number of Topliss-reactive ketones (excluding diaryl/α,β-unsaturated/α-hetero) is 1. The number of halogens is 1. The van der Waals surface area contributed by atoms with E-state index in [0.717, 1.165) is 12.8 Å². The van der Waals surface area contributed by atoms with Crippen molar-refractivity contribution in [2.75, 3.05) is 11.4 Å². The maximum atomic E-state index is 13.2. The number of nitrogens with zero attached hydrogens (tertiary/aromatic N) is 1. The minimum atomic E-state index is -0.542. The van der Waals surface area contributed by atoms with Crippen LogP contribution < -0.4 is 4.90 Å². The molecule has 0 fully saturated rings. The number of benzene rings is 1. The fourth-order valence-electron chi connectivity index (χ4n) is 2.15. The lowest BCUT2D eigenvalue weighted by Gasteiger charge is -2.16. The van der Waals surface area contributed by atoms with Crippen LogP contribution in [0.3, 0.4) is 0 Å². The van der Waals surface area contributed by atoms with E-state index in [1.54, 1.807) is 0 Å². The molecular formula is C14H16FNO2. The first-order valence-electron chi connectivity index (χ1n) is 6.16. The van der Waals surface area contributed by atoms with E-state index in [1.807, 2.05) is 0 Å². The van der Waals surface area contributed by atoms with Crippen molar-refractivity contribution < 1.29 is 14.0 Å². The predicted octanol–water partition coefficient (Wildman–Crippen LogP) is 2.79. The molecule has 0 bridgehead atoms. The highest BCUT2D eigenvalue weighted by Gasteiger charge is 2.35. The average molecular weight is 249 g/mol. The summed E-state index contributed by atoms with van der Waals surface area (Å²) >= 11 is 0. The number of carbonyl (C=O) groups is 2. The maximum absolute atomic E-state index is 13.2. The molecular weight excluding hydrogens is 233 g/mol. The molecule has 0 atom stereocenters. The number of ketones is 1. The number of fused-ring (bicyclic) bond motifs is 1. The lowest BCUT2D eigenvalue weighted by atomic mass is 10.1. The Morgan fingerprint density at radius 3 is 2.67 bits per heavy atom. The van der Waals surface area contributed by atoms with E-state index >= 15 is 0 Å². The normalized spacial score (nSPS) is 14.6. The SMILES string of the molecule is CC(C)CCCN1C(=O)C(=O)c2ccc(F)cc21. The molecule has 0 N–H and O–H groups in total. The monoisotopic (exact) mass is 249 g/mol. The fourth-order valence-corrected chi connectivity index (χ4v) is 2.15. The summed E-state index contributed by atoms with van der Waals surface area (Å²) in [4.78, 5) is 24.9. The molecule has 0 spiro atoms. The van der Waals surface area contributed by atoms with Gasteiger partial charge in [-0.05, 0) is 37.0 Å². The van der Waals surface area contributed by atoms with Gasteiger partial charge in [-0.15, -0.1) is 0 Å². The van der Waals surface area contributed by atoms with E-state index in [-0.39, 0.29) is 0 Å². The van der Waals surface area contributed by atoms with Gasteiger partial charge in [0.1, 0.15) is 5.82 Å². The molecule has 0 unspecified atom stereocenters. The molecule has 96 valence electrons. The van der Waals surface area contributed by atoms with Gasteiger partial charge >= 0.3 is 0 Å². The van der Waals surface area contributed by atoms with Gasteiger partial charge in [-0.2, -0.15) is 0 Å². The van der Waals surface area contributed by atoms with Gasteiger partial charge in [-0.1, -0.05) is 13.8 Å². The smallest absolute Gasteiger partial charge is 0.299 e. The molecule has 2 rings (SSSR count). The van der Waals surface area contributed by atoms with E-state index in [0.29, 0.717) is 23.7 Å². The van der Waals surface area contributed by atoms with Gasteiger partial charge in [0.2, 0.25) is 0 Å². The quantitative estimate of drug-likeness (QED) is 0.769. The molecule has 0 saturated carbocycles. The third-order valence-corrected chi connectivity index (χ3v) is 3.10. The second-order valence-corrected chi connectivity index (χ2v) is 4.98. The summed E-state index contributed by atoms with van der Waals surface area (Å²) in [5, 5.41) is 0. The highest BCUT2D eigenvalue weighted by atomic mass is 19.1. The van der Waals surface area contributed by atoms with Crippen molar-refractivity contribution in [3.05, 3.63) is 29.6 Å². The van der Waals surface area contributed by atoms with Crippen LogP contribution in [-0.2, 0) is 4.79 Å². The van der Waals surface area contributed by atoms with E-state index in [4.69, 9.17) is 0 Å². The summed E-state index contributed by atoms with van der Waals surface area (Å²) in [6.07, 6.45) is 1.79. The minimum absolute atomic E-state index is 0.311. The van der Waals surface area contributed by atoms with Gasteiger partial charge < -0.3 is 4.90 Å². The Morgan fingerprint density at radius 1 is 1.28 bits per heavy atom. The average Bonchev–Trinajstić information content (AvgIpc) is 2.53. The third-order valence-electron chi connectivity index (χ3n) is 3.10. The van der Waals surface area contributed by atoms with E-state index in [9.17, 15) is 14.0 Å². The molecule has 1 aromatic rings. The Morgan fingerprint density at radius 2 is 2.00 bits per heavy atom. The Kier molecular flexibility index (Phi) is 3.45. The zero-order chi connectivity index (χ0) is 13.3. The van der Waals surface area contributed by atoms with Gasteiger partial charge in [0.15, 0.2) is 0 Å². The molecule has 0 aliphatic carbocycles. The Balaban J connectivity index is 2.19. The molecule has 4 heteroatoms. The molecule has 1 aromatic carbocycles. The van der Waals surface area contributed by atoms with Crippen molar-refractivity contribution >= 4 is 17.4 Å². The first-order chi connectivity index (χ1) is 8.50. The molecule has 18 heavy (non-hydrogen) atoms. The van der Waals surface area contributed by atoms with Gasteiger partial charge in [-0.3, -0.25) is 9.59 Å². The molecule has 0 radical (unpaired) electrons. The predicted molar refractivity (Wildman–Crippen MR) is 67.2 cm³/mol. The highest BCUT2D eigenvalue weighted by Crippen LogP contribution is 2.29. The minimum Gasteiger partial charge on any atom is -0.305 e. The van der Waals surface area contributed by atoms with Crippen molar-refractivity contribution in [3.8, 4) is 0 Å². The zero-order valence-corrected chi connectivity index (χ0v) is 10.6. The molecule has 1 heterocycles. The van der Waals surface area contributed by atoms with Crippen molar-refractivity contribution in [3.63, 3.8) is 0 Å². The summed E-state index contributed by atoms with van der Waals surface area (Å²) < 4.78 is 13.2. The fraction of sp³-hybridized carbons (Fsp3) is 0.429. The number of hydrogen-bond donors (Lipinski definition) is 0. The largest absolute Gasteiger partial charge is 0.305 e. The van der Waals surface area contributed by atoms with Crippen molar-refractivity contribution in [2.45, 2.75) is 26.7 Å². The van der Waals surface area contributed by atoms with E-state index < -0.39 is 17.5 Å². The van der Waals surface area contributed by atoms with Crippen LogP contribution in [0.5, 0.6) is 0 Å². The molecule has 0 saturated heterocycles. The molecule has 1 aliphatic rings. The lowest BCUT2D eigenvalue weighted by molar-refractivity contribution is -0.114. The zero-order valence-electron chi connectivity index (χ0n) is 10.6. The Hall–Kier alpha value is -1.71. The van der Waals surface area contributed by atoms with Crippen LogP contribution in [0.1, 0.15) is 37.0 Å². The third kappa shape index (κ3) is 2.28. The topological polar surface area (TPSA) is 37.4 Å². The van der Waals surface area contributed by atoms with Crippen LogP contribution in [0.15, 0.2) is 18.2 Å². The van der Waals surface area contributed by atoms with Crippen LogP contribution in [0.4, 0.5) is 10.1 Å². The van der Waals surface area contributed by atoms with E-state index in [1.165, 1.54) is 23.1 Å².